The lowest BCUT2D eigenvalue weighted by atomic mass is 10.1. The molecule has 0 bridgehead atoms. The van der Waals surface area contributed by atoms with Gasteiger partial charge >= 0.3 is 11.9 Å². The lowest BCUT2D eigenvalue weighted by molar-refractivity contribution is -0.384. The molecular formula is C35H41N7O10S. The number of hydrogen-bond acceptors (Lipinski definition) is 14. The second-order valence-electron chi connectivity index (χ2n) is 11.8. The van der Waals surface area contributed by atoms with Crippen molar-refractivity contribution in [2.24, 2.45) is 10.7 Å². The maximum Gasteiger partial charge on any atom is 0.338 e. The number of nitrogens with two attached hydrogens (primary N) is 1. The van der Waals surface area contributed by atoms with E-state index in [1.165, 1.54) is 31.6 Å². The maximum atomic E-state index is 13.4. The van der Waals surface area contributed by atoms with Crippen molar-refractivity contribution >= 4 is 50.7 Å². The molecule has 2 amide bonds. The highest BCUT2D eigenvalue weighted by molar-refractivity contribution is 7.16. The van der Waals surface area contributed by atoms with E-state index in [0.29, 0.717) is 58.4 Å². The van der Waals surface area contributed by atoms with E-state index < -0.39 is 22.7 Å². The number of oxazole rings is 1. The summed E-state index contributed by atoms with van der Waals surface area (Å²) in [7, 11) is 2.74. The van der Waals surface area contributed by atoms with Crippen molar-refractivity contribution in [3.63, 3.8) is 0 Å². The van der Waals surface area contributed by atoms with Crippen molar-refractivity contribution in [2.45, 2.75) is 33.2 Å². The van der Waals surface area contributed by atoms with E-state index in [4.69, 9.17) is 29.1 Å². The highest BCUT2D eigenvalue weighted by Crippen LogP contribution is 2.36. The van der Waals surface area contributed by atoms with Crippen LogP contribution in [0, 0.1) is 17.0 Å². The Morgan fingerprint density at radius 3 is 2.57 bits per heavy atom. The molecule has 1 aliphatic rings. The Bertz CT molecular complexity index is 2100. The molecule has 53 heavy (non-hydrogen) atoms. The van der Waals surface area contributed by atoms with E-state index in [0.717, 1.165) is 25.7 Å². The van der Waals surface area contributed by atoms with E-state index in [9.17, 15) is 24.5 Å². The van der Waals surface area contributed by atoms with Gasteiger partial charge in [-0.05, 0) is 31.0 Å². The number of nitro groups is 1. The summed E-state index contributed by atoms with van der Waals surface area (Å²) >= 11 is 1.17. The van der Waals surface area contributed by atoms with Gasteiger partial charge in [0.25, 0.3) is 5.69 Å². The first-order valence-electron chi connectivity index (χ1n) is 16.8. The molecule has 2 aromatic heterocycles. The number of methoxy groups -OCH3 is 2. The molecular weight excluding hydrogens is 710 g/mol. The van der Waals surface area contributed by atoms with Crippen LogP contribution >= 0.6 is 11.3 Å². The maximum absolute atomic E-state index is 13.4. The molecule has 1 saturated heterocycles. The topological polar surface area (TPSA) is 216 Å². The van der Waals surface area contributed by atoms with Gasteiger partial charge in [0.05, 0.1) is 54.9 Å². The number of allylic oxidation sites excluding steroid dienone is 1. The molecule has 17 nitrogen and oxygen atoms in total. The highest BCUT2D eigenvalue weighted by Gasteiger charge is 2.23. The number of nitrogens with zero attached hydrogens (tertiary/aromatic N) is 5. The fourth-order valence-corrected chi connectivity index (χ4v) is 6.83. The van der Waals surface area contributed by atoms with Gasteiger partial charge in [-0.1, -0.05) is 30.4 Å². The predicted molar refractivity (Wildman–Crippen MR) is 195 cm³/mol. The fraction of sp³-hybridized carbons (Fsp3) is 0.400. The minimum atomic E-state index is -0.823. The van der Waals surface area contributed by atoms with Crippen molar-refractivity contribution in [3.05, 3.63) is 79.8 Å². The molecule has 0 aliphatic carbocycles. The number of thiazole rings is 1. The normalized spacial score (nSPS) is 13.8. The Morgan fingerprint density at radius 1 is 1.13 bits per heavy atom. The average Bonchev–Trinajstić information content (AvgIpc) is 3.71. The SMILES string of the molecule is CCc1nc(C)oc1C(=O)N=c1sc2cc(C(=O)OC)cc(OC)c2n1C/C=C/CNc1c(OCCCN2CCOCC2)cc(C(N)=O)cc1[N+](=O)[O-]. The van der Waals surface area contributed by atoms with Gasteiger partial charge in [0.15, 0.2) is 16.4 Å². The molecule has 18 heteroatoms. The smallest absolute Gasteiger partial charge is 0.338 e. The lowest BCUT2D eigenvalue weighted by Gasteiger charge is -2.26. The molecule has 0 spiro atoms. The highest BCUT2D eigenvalue weighted by atomic mass is 32.1. The Morgan fingerprint density at radius 2 is 1.89 bits per heavy atom. The number of benzene rings is 2. The molecule has 3 heterocycles. The number of anilines is 1. The van der Waals surface area contributed by atoms with Crippen LogP contribution in [-0.2, 0) is 22.4 Å². The van der Waals surface area contributed by atoms with Crippen molar-refractivity contribution in [2.75, 3.05) is 65.5 Å². The number of aryl methyl sites for hydroxylation is 2. The van der Waals surface area contributed by atoms with Gasteiger partial charge in [-0.25, -0.2) is 9.78 Å². The van der Waals surface area contributed by atoms with Crippen molar-refractivity contribution in [1.29, 1.82) is 0 Å². The van der Waals surface area contributed by atoms with Gasteiger partial charge in [0.2, 0.25) is 11.7 Å². The number of fused-ring (bicyclic) bond motifs is 1. The summed E-state index contributed by atoms with van der Waals surface area (Å²) in [6, 6.07) is 5.68. The number of carbonyl (C=O) groups excluding carboxylic acids is 3. The van der Waals surface area contributed by atoms with E-state index >= 15 is 0 Å². The largest absolute Gasteiger partial charge is 0.494 e. The van der Waals surface area contributed by atoms with E-state index in [2.05, 4.69) is 20.2 Å². The summed E-state index contributed by atoms with van der Waals surface area (Å²) in [5, 5.41) is 15.2. The summed E-state index contributed by atoms with van der Waals surface area (Å²) < 4.78 is 29.9. The molecule has 0 radical (unpaired) electrons. The van der Waals surface area contributed by atoms with Crippen LogP contribution in [0.3, 0.4) is 0 Å². The molecule has 0 unspecified atom stereocenters. The van der Waals surface area contributed by atoms with Gasteiger partial charge in [-0.2, -0.15) is 4.99 Å². The number of nitro benzene ring substituents is 1. The number of carbonyl (C=O) groups is 3. The summed E-state index contributed by atoms with van der Waals surface area (Å²) in [5.74, 6) is -1.14. The third-order valence-electron chi connectivity index (χ3n) is 8.31. The molecule has 0 atom stereocenters. The molecule has 2 aromatic carbocycles. The molecule has 0 saturated carbocycles. The van der Waals surface area contributed by atoms with Crippen LogP contribution in [0.5, 0.6) is 11.5 Å². The van der Waals surface area contributed by atoms with Crippen molar-refractivity contribution in [1.82, 2.24) is 14.5 Å². The molecule has 3 N–H and O–H groups in total. The summed E-state index contributed by atoms with van der Waals surface area (Å²) in [5.41, 5.74) is 6.47. The first-order valence-corrected chi connectivity index (χ1v) is 17.6. The first-order chi connectivity index (χ1) is 25.5. The molecule has 1 fully saturated rings. The van der Waals surface area contributed by atoms with Crippen LogP contribution < -0.4 is 25.3 Å². The number of amides is 2. The average molecular weight is 752 g/mol. The molecule has 4 aromatic rings. The Balaban J connectivity index is 1.42. The van der Waals surface area contributed by atoms with Crippen LogP contribution in [0.15, 0.2) is 45.8 Å². The lowest BCUT2D eigenvalue weighted by Crippen LogP contribution is -2.37. The second-order valence-corrected chi connectivity index (χ2v) is 12.8. The van der Waals surface area contributed by atoms with Gasteiger partial charge in [0, 0.05) is 51.3 Å². The van der Waals surface area contributed by atoms with E-state index in [1.54, 1.807) is 35.8 Å². The van der Waals surface area contributed by atoms with Crippen LogP contribution in [0.1, 0.15) is 56.2 Å². The summed E-state index contributed by atoms with van der Waals surface area (Å²) in [6.45, 7) is 7.78. The number of esters is 1. The Labute approximate surface area is 308 Å². The monoisotopic (exact) mass is 751 g/mol. The summed E-state index contributed by atoms with van der Waals surface area (Å²) in [4.78, 5) is 60.5. The number of aromatic nitrogens is 2. The molecule has 1 aliphatic heterocycles. The fourth-order valence-electron chi connectivity index (χ4n) is 5.73. The summed E-state index contributed by atoms with van der Waals surface area (Å²) in [6.07, 6.45) is 4.63. The number of hydrogen-bond donors (Lipinski definition) is 2. The molecule has 5 rings (SSSR count). The molecule has 282 valence electrons. The Hall–Kier alpha value is -5.59. The van der Waals surface area contributed by atoms with Crippen LogP contribution in [0.2, 0.25) is 0 Å². The third-order valence-corrected chi connectivity index (χ3v) is 9.33. The zero-order chi connectivity index (χ0) is 38.1. The van der Waals surface area contributed by atoms with Crippen molar-refractivity contribution in [3.8, 4) is 11.5 Å². The van der Waals surface area contributed by atoms with Crippen LogP contribution in [0.25, 0.3) is 10.2 Å². The number of nitrogens with one attached hydrogen (secondary N) is 1. The van der Waals surface area contributed by atoms with Gasteiger partial charge in [0.1, 0.15) is 17.0 Å². The number of primary amides is 1. The minimum absolute atomic E-state index is 0.0408. The number of morpholine rings is 1. The van der Waals surface area contributed by atoms with Gasteiger partial charge in [-0.3, -0.25) is 24.6 Å². The van der Waals surface area contributed by atoms with E-state index in [-0.39, 0.29) is 53.7 Å². The second kappa shape index (κ2) is 17.8. The van der Waals surface area contributed by atoms with Crippen LogP contribution in [0.4, 0.5) is 11.4 Å². The van der Waals surface area contributed by atoms with E-state index in [1.807, 2.05) is 6.92 Å². The van der Waals surface area contributed by atoms with Crippen LogP contribution in [-0.4, -0.2) is 97.4 Å². The number of ether oxygens (including phenoxy) is 4. The third kappa shape index (κ3) is 9.26. The quantitative estimate of drug-likeness (QED) is 0.0547. The van der Waals surface area contributed by atoms with Gasteiger partial charge in [-0.15, -0.1) is 0 Å². The minimum Gasteiger partial charge on any atom is -0.494 e. The van der Waals surface area contributed by atoms with Crippen molar-refractivity contribution < 1.29 is 42.7 Å². The number of rotatable bonds is 16. The Kier molecular flexibility index (Phi) is 12.9. The standard InChI is InChI=1S/C35H41N7O10S/c1-5-24-31(52-21(2)38-24)33(44)39-35-41(30-27(48-3)19-23(34(45)49-4)20-28(30)53-35)11-7-6-9-37-29-25(42(46)47)17-22(32(36)43)18-26(29)51-14-8-10-40-12-15-50-16-13-40/h6-7,17-20,37H,5,8-16H2,1-4H3,(H2,36,43)/b7-6+,39-35?. The predicted octanol–water partition coefficient (Wildman–Crippen LogP) is 3.87. The first kappa shape index (κ1) is 38.6. The zero-order valence-corrected chi connectivity index (χ0v) is 30.7. The van der Waals surface area contributed by atoms with Gasteiger partial charge < -0.3 is 39.0 Å². The zero-order valence-electron chi connectivity index (χ0n) is 29.8.